The lowest BCUT2D eigenvalue weighted by Gasteiger charge is -2.05. The van der Waals surface area contributed by atoms with Crippen molar-refractivity contribution in [3.8, 4) is 0 Å². The van der Waals surface area contributed by atoms with E-state index in [1.807, 2.05) is 0 Å². The van der Waals surface area contributed by atoms with Gasteiger partial charge in [-0.25, -0.2) is 0 Å². The maximum Gasteiger partial charge on any atom is -0.0500 e. The molecule has 8 heavy (non-hydrogen) atoms. The molecule has 0 bridgehead atoms. The Morgan fingerprint density at radius 1 is 0.750 bits per heavy atom. The van der Waals surface area contributed by atoms with E-state index in [2.05, 4.69) is 20.8 Å². The molecule has 1 fully saturated rings. The van der Waals surface area contributed by atoms with Gasteiger partial charge in [0.25, 0.3) is 0 Å². The Bertz CT molecular complexity index is 26.5. The number of hydrogen-bond donors (Lipinski definition) is 0. The van der Waals surface area contributed by atoms with Crippen LogP contribution in [0.25, 0.3) is 0 Å². The van der Waals surface area contributed by atoms with E-state index < -0.39 is 0 Å². The van der Waals surface area contributed by atoms with Gasteiger partial charge in [0.15, 0.2) is 0 Å². The normalized spacial score (nSPS) is 16.5. The monoisotopic (exact) mass is 114 g/mol. The Hall–Kier alpha value is 0. The molecule has 0 aromatic heterocycles. The molecule has 0 spiro atoms. The zero-order valence-electron chi connectivity index (χ0n) is 6.41. The highest BCUT2D eigenvalue weighted by molar-refractivity contribution is 4.50. The molecule has 0 aliphatic heterocycles. The molecule has 1 saturated carbocycles. The third-order valence-corrected chi connectivity index (χ3v) is 1.000. The quantitative estimate of drug-likeness (QED) is 0.453. The molecule has 1 rings (SSSR count). The number of hydrogen-bond acceptors (Lipinski definition) is 0. The van der Waals surface area contributed by atoms with Gasteiger partial charge in [-0.3, -0.25) is 0 Å². The summed E-state index contributed by atoms with van der Waals surface area (Å²) in [5.74, 6) is 0.833. The second-order valence-electron chi connectivity index (χ2n) is 3.15. The summed E-state index contributed by atoms with van der Waals surface area (Å²) in [6, 6.07) is 0. The first-order chi connectivity index (χ1) is 3.73. The van der Waals surface area contributed by atoms with E-state index in [0.717, 1.165) is 5.92 Å². The van der Waals surface area contributed by atoms with Gasteiger partial charge < -0.3 is 0 Å². The van der Waals surface area contributed by atoms with Crippen LogP contribution in [0.3, 0.4) is 0 Å². The topological polar surface area (TPSA) is 0 Å². The summed E-state index contributed by atoms with van der Waals surface area (Å²) in [7, 11) is 0. The molecule has 0 amide bonds. The SMILES string of the molecule is C1CCC1.CC(C)C. The predicted molar refractivity (Wildman–Crippen MR) is 39.0 cm³/mol. The third kappa shape index (κ3) is 9.38. The Balaban J connectivity index is 0.000000122. The van der Waals surface area contributed by atoms with Crippen LogP contribution in [-0.2, 0) is 0 Å². The fraction of sp³-hybridized carbons (Fsp3) is 1.00. The maximum absolute atomic E-state index is 2.17. The Morgan fingerprint density at radius 3 is 0.875 bits per heavy atom. The largest absolute Gasteiger partial charge is 0.0630 e. The summed E-state index contributed by atoms with van der Waals surface area (Å²) in [6.45, 7) is 6.50. The van der Waals surface area contributed by atoms with E-state index in [4.69, 9.17) is 0 Å². The zero-order valence-corrected chi connectivity index (χ0v) is 6.41. The second kappa shape index (κ2) is 5.14. The summed E-state index contributed by atoms with van der Waals surface area (Å²) in [4.78, 5) is 0. The van der Waals surface area contributed by atoms with Gasteiger partial charge in [0.2, 0.25) is 0 Å². The molecule has 0 saturated heterocycles. The van der Waals surface area contributed by atoms with E-state index in [9.17, 15) is 0 Å². The molecule has 0 nitrogen and oxygen atoms in total. The van der Waals surface area contributed by atoms with Crippen LogP contribution in [0.15, 0.2) is 0 Å². The van der Waals surface area contributed by atoms with Gasteiger partial charge in [-0.05, 0) is 5.92 Å². The van der Waals surface area contributed by atoms with Crippen molar-refractivity contribution in [2.24, 2.45) is 5.92 Å². The third-order valence-electron chi connectivity index (χ3n) is 1.000. The lowest BCUT2D eigenvalue weighted by molar-refractivity contribution is 0.504. The van der Waals surface area contributed by atoms with E-state index in [0.29, 0.717) is 0 Å². The Morgan fingerprint density at radius 2 is 0.875 bits per heavy atom. The zero-order chi connectivity index (χ0) is 6.41. The fourth-order valence-electron chi connectivity index (χ4n) is 0.250. The van der Waals surface area contributed by atoms with Crippen molar-refractivity contribution in [1.82, 2.24) is 0 Å². The standard InChI is InChI=1S/C4H8.C4H10/c1-2-4-3-1;1-4(2)3/h1-4H2;4H,1-3H3. The first kappa shape index (κ1) is 8.00. The van der Waals surface area contributed by atoms with Gasteiger partial charge in [-0.2, -0.15) is 0 Å². The summed E-state index contributed by atoms with van der Waals surface area (Å²) in [5.41, 5.74) is 0. The van der Waals surface area contributed by atoms with Gasteiger partial charge in [0, 0.05) is 0 Å². The summed E-state index contributed by atoms with van der Waals surface area (Å²) in [5, 5.41) is 0. The van der Waals surface area contributed by atoms with Crippen LogP contribution in [0.2, 0.25) is 0 Å². The first-order valence-electron chi connectivity index (χ1n) is 3.73. The van der Waals surface area contributed by atoms with Crippen LogP contribution in [0, 0.1) is 5.92 Å². The molecule has 50 valence electrons. The Labute approximate surface area is 53.3 Å². The minimum atomic E-state index is 0.833. The van der Waals surface area contributed by atoms with Gasteiger partial charge in [-0.1, -0.05) is 46.5 Å². The first-order valence-corrected chi connectivity index (χ1v) is 3.73. The molecule has 0 aromatic carbocycles. The average molecular weight is 114 g/mol. The molecule has 0 heteroatoms. The highest BCUT2D eigenvalue weighted by atomic mass is 14.0. The van der Waals surface area contributed by atoms with Gasteiger partial charge >= 0.3 is 0 Å². The molecule has 0 atom stereocenters. The molecule has 0 heterocycles. The molecule has 0 N–H and O–H groups in total. The van der Waals surface area contributed by atoms with Crippen molar-refractivity contribution >= 4 is 0 Å². The summed E-state index contributed by atoms with van der Waals surface area (Å²) in [6.07, 6.45) is 6.00. The molecule has 0 radical (unpaired) electrons. The summed E-state index contributed by atoms with van der Waals surface area (Å²) >= 11 is 0. The molecule has 1 aliphatic carbocycles. The van der Waals surface area contributed by atoms with Crippen molar-refractivity contribution < 1.29 is 0 Å². The second-order valence-corrected chi connectivity index (χ2v) is 3.15. The maximum atomic E-state index is 2.17. The average Bonchev–Trinajstić information content (AvgIpc) is 1.19. The molecular weight excluding hydrogens is 96.1 g/mol. The molecule has 0 aromatic rings. The van der Waals surface area contributed by atoms with Crippen molar-refractivity contribution in [3.05, 3.63) is 0 Å². The van der Waals surface area contributed by atoms with E-state index in [1.54, 1.807) is 0 Å². The lowest BCUT2D eigenvalue weighted by atomic mass is 10.0. The molecule has 0 unspecified atom stereocenters. The van der Waals surface area contributed by atoms with Gasteiger partial charge in [0.1, 0.15) is 0 Å². The highest BCUT2D eigenvalue weighted by Crippen LogP contribution is 2.15. The van der Waals surface area contributed by atoms with Crippen LogP contribution >= 0.6 is 0 Å². The molecule has 1 aliphatic rings. The van der Waals surface area contributed by atoms with E-state index in [1.165, 1.54) is 25.7 Å². The van der Waals surface area contributed by atoms with Crippen LogP contribution in [0.4, 0.5) is 0 Å². The van der Waals surface area contributed by atoms with E-state index in [-0.39, 0.29) is 0 Å². The minimum absolute atomic E-state index is 0.833. The highest BCUT2D eigenvalue weighted by Gasteiger charge is 1.95. The van der Waals surface area contributed by atoms with Crippen LogP contribution in [0.5, 0.6) is 0 Å². The summed E-state index contributed by atoms with van der Waals surface area (Å²) < 4.78 is 0. The van der Waals surface area contributed by atoms with Crippen molar-refractivity contribution in [2.75, 3.05) is 0 Å². The van der Waals surface area contributed by atoms with E-state index >= 15 is 0 Å². The van der Waals surface area contributed by atoms with Gasteiger partial charge in [0.05, 0.1) is 0 Å². The molecular formula is C8H18. The predicted octanol–water partition coefficient (Wildman–Crippen LogP) is 3.22. The van der Waals surface area contributed by atoms with Crippen LogP contribution in [0.1, 0.15) is 46.5 Å². The van der Waals surface area contributed by atoms with Crippen LogP contribution < -0.4 is 0 Å². The smallest absolute Gasteiger partial charge is 0.0500 e. The van der Waals surface area contributed by atoms with Crippen molar-refractivity contribution in [2.45, 2.75) is 46.5 Å². The fourth-order valence-corrected chi connectivity index (χ4v) is 0.250. The lowest BCUT2D eigenvalue weighted by Crippen LogP contribution is -1.85. The minimum Gasteiger partial charge on any atom is -0.0630 e. The number of rotatable bonds is 0. The van der Waals surface area contributed by atoms with Crippen LogP contribution in [-0.4, -0.2) is 0 Å². The van der Waals surface area contributed by atoms with Crippen molar-refractivity contribution in [3.63, 3.8) is 0 Å². The van der Waals surface area contributed by atoms with Crippen molar-refractivity contribution in [1.29, 1.82) is 0 Å². The Kier molecular flexibility index (Phi) is 5.14. The van der Waals surface area contributed by atoms with Gasteiger partial charge in [-0.15, -0.1) is 0 Å².